The predicted molar refractivity (Wildman–Crippen MR) is 81.7 cm³/mol. The van der Waals surface area contributed by atoms with Gasteiger partial charge in [-0.15, -0.1) is 0 Å². The summed E-state index contributed by atoms with van der Waals surface area (Å²) in [5.41, 5.74) is 5.92. The van der Waals surface area contributed by atoms with Gasteiger partial charge in [-0.05, 0) is 25.8 Å². The molecule has 0 saturated carbocycles. The van der Waals surface area contributed by atoms with Crippen LogP contribution in [0, 0.1) is 0 Å². The van der Waals surface area contributed by atoms with E-state index in [0.717, 1.165) is 37.2 Å². The van der Waals surface area contributed by atoms with Crippen LogP contribution in [-0.4, -0.2) is 19.3 Å². The molecule has 19 heavy (non-hydrogen) atoms. The Morgan fingerprint density at radius 3 is 2.21 bits per heavy atom. The van der Waals surface area contributed by atoms with Gasteiger partial charge in [0, 0.05) is 6.08 Å². The van der Waals surface area contributed by atoms with Gasteiger partial charge in [0.2, 0.25) is 0 Å². The molecule has 3 nitrogen and oxygen atoms in total. The van der Waals surface area contributed by atoms with E-state index in [1.54, 1.807) is 6.08 Å². The quantitative estimate of drug-likeness (QED) is 0.350. The topological polar surface area (TPSA) is 44.5 Å². The first-order valence-electron chi connectivity index (χ1n) is 7.21. The van der Waals surface area contributed by atoms with Crippen molar-refractivity contribution < 1.29 is 9.47 Å². The number of hydrogen-bond donors (Lipinski definition) is 1. The van der Waals surface area contributed by atoms with Crippen LogP contribution in [0.4, 0.5) is 0 Å². The molecule has 0 aromatic carbocycles. The van der Waals surface area contributed by atoms with Crippen LogP contribution >= 0.6 is 0 Å². The minimum Gasteiger partial charge on any atom is -0.496 e. The minimum atomic E-state index is -0.139. The molecule has 0 aromatic heterocycles. The van der Waals surface area contributed by atoms with Crippen LogP contribution in [0.5, 0.6) is 0 Å². The van der Waals surface area contributed by atoms with Crippen molar-refractivity contribution in [2.45, 2.75) is 52.5 Å². The molecule has 110 valence electrons. The molecule has 1 unspecified atom stereocenters. The van der Waals surface area contributed by atoms with Gasteiger partial charge in [0.1, 0.15) is 11.5 Å². The van der Waals surface area contributed by atoms with Crippen LogP contribution in [0.15, 0.2) is 36.3 Å². The summed E-state index contributed by atoms with van der Waals surface area (Å²) in [5, 5.41) is 0. The molecular weight excluding hydrogens is 238 g/mol. The highest BCUT2D eigenvalue weighted by Crippen LogP contribution is 2.11. The van der Waals surface area contributed by atoms with E-state index in [1.165, 1.54) is 0 Å². The third-order valence-electron chi connectivity index (χ3n) is 2.55. The zero-order valence-electron chi connectivity index (χ0n) is 12.7. The number of rotatable bonds is 11. The molecule has 0 fully saturated rings. The predicted octanol–water partition coefficient (Wildman–Crippen LogP) is 3.92. The Labute approximate surface area is 118 Å². The largest absolute Gasteiger partial charge is 0.496 e. The third kappa shape index (κ3) is 9.37. The molecule has 0 bridgehead atoms. The lowest BCUT2D eigenvalue weighted by molar-refractivity contribution is 0.183. The molecule has 0 amide bonds. The Kier molecular flexibility index (Phi) is 11.1. The van der Waals surface area contributed by atoms with Gasteiger partial charge in [-0.3, -0.25) is 0 Å². The highest BCUT2D eigenvalue weighted by molar-refractivity contribution is 5.21. The fourth-order valence-electron chi connectivity index (χ4n) is 1.37. The van der Waals surface area contributed by atoms with Crippen LogP contribution in [0.25, 0.3) is 0 Å². The van der Waals surface area contributed by atoms with Crippen molar-refractivity contribution in [2.24, 2.45) is 5.73 Å². The van der Waals surface area contributed by atoms with E-state index in [2.05, 4.69) is 20.4 Å². The molecule has 0 aliphatic rings. The standard InChI is InChI=1S/C16H29NO2/c1-5-8-11-18-15(10-7-3)13-16(14(4)17)19-12-9-6-2/h7,10,13-14H,3,5-6,8-9,11-12,17H2,1-2,4H3/b15-10+,16-13+. The number of nitrogens with two attached hydrogens (primary N) is 1. The maximum Gasteiger partial charge on any atom is 0.122 e. The molecule has 0 aliphatic heterocycles. The van der Waals surface area contributed by atoms with Crippen molar-refractivity contribution in [3.8, 4) is 0 Å². The average Bonchev–Trinajstić information content (AvgIpc) is 2.37. The second-order valence-electron chi connectivity index (χ2n) is 4.54. The molecule has 0 radical (unpaired) electrons. The normalized spacial score (nSPS) is 14.1. The fourth-order valence-corrected chi connectivity index (χ4v) is 1.37. The molecule has 0 saturated heterocycles. The van der Waals surface area contributed by atoms with E-state index in [-0.39, 0.29) is 6.04 Å². The summed E-state index contributed by atoms with van der Waals surface area (Å²) in [5.74, 6) is 1.52. The molecule has 0 spiro atoms. The van der Waals surface area contributed by atoms with E-state index in [1.807, 2.05) is 19.1 Å². The zero-order valence-corrected chi connectivity index (χ0v) is 12.7. The van der Waals surface area contributed by atoms with Gasteiger partial charge < -0.3 is 15.2 Å². The summed E-state index contributed by atoms with van der Waals surface area (Å²) in [6.07, 6.45) is 9.70. The summed E-state index contributed by atoms with van der Waals surface area (Å²) in [6.45, 7) is 11.3. The van der Waals surface area contributed by atoms with Crippen molar-refractivity contribution in [2.75, 3.05) is 13.2 Å². The summed E-state index contributed by atoms with van der Waals surface area (Å²) in [7, 11) is 0. The smallest absolute Gasteiger partial charge is 0.122 e. The number of hydrogen-bond acceptors (Lipinski definition) is 3. The van der Waals surface area contributed by atoms with Crippen molar-refractivity contribution in [3.63, 3.8) is 0 Å². The highest BCUT2D eigenvalue weighted by Gasteiger charge is 2.06. The Balaban J connectivity index is 4.61. The van der Waals surface area contributed by atoms with Gasteiger partial charge in [-0.25, -0.2) is 0 Å². The van der Waals surface area contributed by atoms with Gasteiger partial charge in [-0.1, -0.05) is 39.3 Å². The van der Waals surface area contributed by atoms with Crippen LogP contribution in [-0.2, 0) is 9.47 Å². The SMILES string of the molecule is C=C/C=C(\C=C(\OCCCC)C(C)N)OCCCC. The van der Waals surface area contributed by atoms with E-state index < -0.39 is 0 Å². The molecule has 2 N–H and O–H groups in total. The molecule has 0 rings (SSSR count). The van der Waals surface area contributed by atoms with Crippen LogP contribution in [0.2, 0.25) is 0 Å². The maximum absolute atomic E-state index is 5.92. The molecular formula is C16H29NO2. The van der Waals surface area contributed by atoms with Crippen molar-refractivity contribution >= 4 is 0 Å². The molecule has 0 aromatic rings. The summed E-state index contributed by atoms with van der Waals surface area (Å²) in [6, 6.07) is -0.139. The average molecular weight is 267 g/mol. The summed E-state index contributed by atoms with van der Waals surface area (Å²) >= 11 is 0. The fraction of sp³-hybridized carbons (Fsp3) is 0.625. The zero-order chi connectivity index (χ0) is 14.5. The lowest BCUT2D eigenvalue weighted by Gasteiger charge is -2.15. The van der Waals surface area contributed by atoms with Gasteiger partial charge in [0.05, 0.1) is 19.3 Å². The third-order valence-corrected chi connectivity index (χ3v) is 2.55. The maximum atomic E-state index is 5.92. The molecule has 1 atom stereocenters. The lowest BCUT2D eigenvalue weighted by atomic mass is 10.2. The van der Waals surface area contributed by atoms with Gasteiger partial charge in [-0.2, -0.15) is 0 Å². The van der Waals surface area contributed by atoms with Crippen molar-refractivity contribution in [1.82, 2.24) is 0 Å². The van der Waals surface area contributed by atoms with Gasteiger partial charge in [0.15, 0.2) is 0 Å². The molecule has 0 heterocycles. The number of allylic oxidation sites excluding steroid dienone is 3. The highest BCUT2D eigenvalue weighted by atomic mass is 16.5. The minimum absolute atomic E-state index is 0.139. The van der Waals surface area contributed by atoms with Crippen LogP contribution < -0.4 is 5.73 Å². The first-order valence-corrected chi connectivity index (χ1v) is 7.21. The second-order valence-corrected chi connectivity index (χ2v) is 4.54. The van der Waals surface area contributed by atoms with E-state index in [9.17, 15) is 0 Å². The number of unbranched alkanes of at least 4 members (excludes halogenated alkanes) is 2. The second kappa shape index (κ2) is 11.8. The Bertz CT molecular complexity index is 293. The summed E-state index contributed by atoms with van der Waals surface area (Å²) < 4.78 is 11.4. The van der Waals surface area contributed by atoms with Gasteiger partial charge in [0.25, 0.3) is 0 Å². The van der Waals surface area contributed by atoms with Gasteiger partial charge >= 0.3 is 0 Å². The van der Waals surface area contributed by atoms with Crippen molar-refractivity contribution in [3.05, 3.63) is 36.3 Å². The molecule has 0 aliphatic carbocycles. The van der Waals surface area contributed by atoms with E-state index >= 15 is 0 Å². The van der Waals surface area contributed by atoms with Crippen LogP contribution in [0.3, 0.4) is 0 Å². The first kappa shape index (κ1) is 17.8. The molecule has 3 heteroatoms. The monoisotopic (exact) mass is 267 g/mol. The van der Waals surface area contributed by atoms with E-state index in [4.69, 9.17) is 15.2 Å². The first-order chi connectivity index (χ1) is 9.15. The summed E-state index contributed by atoms with van der Waals surface area (Å²) in [4.78, 5) is 0. The Morgan fingerprint density at radius 2 is 1.74 bits per heavy atom. The van der Waals surface area contributed by atoms with E-state index in [0.29, 0.717) is 13.2 Å². The number of ether oxygens (including phenoxy) is 2. The lowest BCUT2D eigenvalue weighted by Crippen LogP contribution is -2.20. The van der Waals surface area contributed by atoms with Crippen molar-refractivity contribution in [1.29, 1.82) is 0 Å². The Morgan fingerprint density at radius 1 is 1.16 bits per heavy atom. The van der Waals surface area contributed by atoms with Crippen LogP contribution in [0.1, 0.15) is 46.5 Å². The Hall–Kier alpha value is -1.22.